The van der Waals surface area contributed by atoms with Crippen molar-refractivity contribution in [2.75, 3.05) is 19.8 Å². The minimum Gasteiger partial charge on any atom is -0.379 e. The summed E-state index contributed by atoms with van der Waals surface area (Å²) in [5.74, 6) is 0.682. The summed E-state index contributed by atoms with van der Waals surface area (Å²) in [5, 5.41) is 8.50. The molecular weight excluding hydrogens is 262 g/mol. The number of rotatable bonds is 7. The second-order valence-corrected chi connectivity index (χ2v) is 6.42. The zero-order valence-corrected chi connectivity index (χ0v) is 14.1. The fourth-order valence-electron chi connectivity index (χ4n) is 3.12. The zero-order valence-electron chi connectivity index (χ0n) is 14.1. The second-order valence-electron chi connectivity index (χ2n) is 6.42. The van der Waals surface area contributed by atoms with Crippen LogP contribution in [0, 0.1) is 5.92 Å². The van der Waals surface area contributed by atoms with E-state index in [1.165, 1.54) is 23.4 Å². The minimum absolute atomic E-state index is 0.429. The predicted molar refractivity (Wildman–Crippen MR) is 86.6 cm³/mol. The molecule has 0 aliphatic carbocycles. The zero-order chi connectivity index (χ0) is 15.2. The predicted octanol–water partition coefficient (Wildman–Crippen LogP) is 3.11. The average molecular weight is 293 g/mol. The van der Waals surface area contributed by atoms with E-state index < -0.39 is 0 Å². The topological polar surface area (TPSA) is 39.1 Å². The molecular formula is C17H31N3O. The molecule has 1 N–H and O–H groups in total. The molecule has 1 aromatic heterocycles. The van der Waals surface area contributed by atoms with Crippen molar-refractivity contribution in [1.82, 2.24) is 15.1 Å². The maximum Gasteiger partial charge on any atom is 0.0756 e. The van der Waals surface area contributed by atoms with Crippen molar-refractivity contribution >= 4 is 0 Å². The first kappa shape index (κ1) is 16.5. The Kier molecular flexibility index (Phi) is 6.24. The molecule has 1 aliphatic heterocycles. The van der Waals surface area contributed by atoms with Gasteiger partial charge in [0.15, 0.2) is 0 Å². The molecule has 4 heteroatoms. The number of aryl methyl sites for hydroxylation is 1. The number of nitrogens with zero attached hydrogens (tertiary/aromatic N) is 2. The highest BCUT2D eigenvalue weighted by molar-refractivity contribution is 5.27. The van der Waals surface area contributed by atoms with Crippen LogP contribution in [0.25, 0.3) is 0 Å². The van der Waals surface area contributed by atoms with Gasteiger partial charge in [-0.25, -0.2) is 0 Å². The third-order valence-corrected chi connectivity index (χ3v) is 4.21. The molecule has 2 rings (SSSR count). The third-order valence-electron chi connectivity index (χ3n) is 4.21. The van der Waals surface area contributed by atoms with Gasteiger partial charge in [0, 0.05) is 24.4 Å². The molecule has 0 aromatic carbocycles. The van der Waals surface area contributed by atoms with E-state index in [9.17, 15) is 0 Å². The Morgan fingerprint density at radius 1 is 1.33 bits per heavy atom. The summed E-state index contributed by atoms with van der Waals surface area (Å²) in [7, 11) is 0. The summed E-state index contributed by atoms with van der Waals surface area (Å²) < 4.78 is 7.92. The number of hydrogen-bond acceptors (Lipinski definition) is 3. The van der Waals surface area contributed by atoms with Crippen molar-refractivity contribution < 1.29 is 4.74 Å². The van der Waals surface area contributed by atoms with Crippen molar-refractivity contribution in [2.45, 2.75) is 66.0 Å². The second kappa shape index (κ2) is 7.95. The van der Waals surface area contributed by atoms with Crippen LogP contribution >= 0.6 is 0 Å². The van der Waals surface area contributed by atoms with E-state index in [-0.39, 0.29) is 0 Å². The normalized spacial score (nSPS) is 19.4. The van der Waals surface area contributed by atoms with Gasteiger partial charge in [-0.3, -0.25) is 4.68 Å². The largest absolute Gasteiger partial charge is 0.379 e. The van der Waals surface area contributed by atoms with E-state index in [0.29, 0.717) is 12.0 Å². The molecule has 2 heterocycles. The molecule has 0 amide bonds. The highest BCUT2D eigenvalue weighted by atomic mass is 16.5. The fourth-order valence-corrected chi connectivity index (χ4v) is 3.12. The van der Waals surface area contributed by atoms with Crippen molar-refractivity contribution in [1.29, 1.82) is 0 Å². The van der Waals surface area contributed by atoms with Crippen LogP contribution in [-0.4, -0.2) is 29.5 Å². The van der Waals surface area contributed by atoms with Gasteiger partial charge in [0.25, 0.3) is 0 Å². The van der Waals surface area contributed by atoms with Gasteiger partial charge in [-0.15, -0.1) is 0 Å². The Balaban J connectivity index is 2.19. The van der Waals surface area contributed by atoms with Crippen LogP contribution in [0.15, 0.2) is 0 Å². The van der Waals surface area contributed by atoms with E-state index in [2.05, 4.69) is 37.7 Å². The Morgan fingerprint density at radius 2 is 2.14 bits per heavy atom. The summed E-state index contributed by atoms with van der Waals surface area (Å²) in [6.45, 7) is 12.7. The smallest absolute Gasteiger partial charge is 0.0756 e. The number of aromatic nitrogens is 2. The molecule has 1 fully saturated rings. The molecule has 0 radical (unpaired) electrons. The van der Waals surface area contributed by atoms with Gasteiger partial charge in [-0.05, 0) is 38.1 Å². The Bertz CT molecular complexity index is 433. The van der Waals surface area contributed by atoms with Gasteiger partial charge in [0.2, 0.25) is 0 Å². The molecule has 0 spiro atoms. The van der Waals surface area contributed by atoms with Crippen LogP contribution in [0.2, 0.25) is 0 Å². The number of ether oxygens (including phenoxy) is 1. The van der Waals surface area contributed by atoms with Crippen LogP contribution < -0.4 is 5.32 Å². The van der Waals surface area contributed by atoms with Crippen LogP contribution in [0.4, 0.5) is 0 Å². The fraction of sp³-hybridized carbons (Fsp3) is 0.824. The molecule has 4 nitrogen and oxygen atoms in total. The first-order chi connectivity index (χ1) is 10.2. The monoisotopic (exact) mass is 293 g/mol. The maximum atomic E-state index is 5.65. The lowest BCUT2D eigenvalue weighted by Crippen LogP contribution is -2.24. The highest BCUT2D eigenvalue weighted by Gasteiger charge is 2.23. The van der Waals surface area contributed by atoms with E-state index in [4.69, 9.17) is 9.84 Å². The molecule has 120 valence electrons. The Hall–Kier alpha value is -0.870. The lowest BCUT2D eigenvalue weighted by molar-refractivity contribution is 0.0538. The molecule has 1 saturated heterocycles. The Morgan fingerprint density at radius 3 is 2.71 bits per heavy atom. The van der Waals surface area contributed by atoms with Crippen LogP contribution in [-0.2, 0) is 24.1 Å². The van der Waals surface area contributed by atoms with Gasteiger partial charge in [-0.2, -0.15) is 5.10 Å². The summed E-state index contributed by atoms with van der Waals surface area (Å²) in [4.78, 5) is 0. The van der Waals surface area contributed by atoms with Gasteiger partial charge in [0.05, 0.1) is 18.3 Å². The van der Waals surface area contributed by atoms with E-state index in [1.807, 2.05) is 0 Å². The first-order valence-electron chi connectivity index (χ1n) is 8.54. The van der Waals surface area contributed by atoms with E-state index in [1.54, 1.807) is 0 Å². The van der Waals surface area contributed by atoms with Gasteiger partial charge < -0.3 is 10.1 Å². The molecule has 1 aliphatic rings. The summed E-state index contributed by atoms with van der Waals surface area (Å²) in [6.07, 6.45) is 4.39. The van der Waals surface area contributed by atoms with Crippen LogP contribution in [0.5, 0.6) is 0 Å². The standard InChI is InChI=1S/C17H31N3O/c1-5-16-15(11-18-10-13(3)4)17(6-2)20(19-16)14-8-7-9-21-12-14/h13-14,18H,5-12H2,1-4H3. The van der Waals surface area contributed by atoms with Gasteiger partial charge >= 0.3 is 0 Å². The van der Waals surface area contributed by atoms with Crippen molar-refractivity contribution in [2.24, 2.45) is 5.92 Å². The third kappa shape index (κ3) is 4.07. The summed E-state index contributed by atoms with van der Waals surface area (Å²) in [5.41, 5.74) is 4.08. The average Bonchev–Trinajstić information content (AvgIpc) is 2.85. The van der Waals surface area contributed by atoms with Crippen LogP contribution in [0.3, 0.4) is 0 Å². The molecule has 1 atom stereocenters. The molecule has 0 bridgehead atoms. The molecule has 1 unspecified atom stereocenters. The van der Waals surface area contributed by atoms with Crippen molar-refractivity contribution in [3.63, 3.8) is 0 Å². The van der Waals surface area contributed by atoms with E-state index in [0.717, 1.165) is 45.6 Å². The molecule has 0 saturated carbocycles. The van der Waals surface area contributed by atoms with E-state index >= 15 is 0 Å². The number of hydrogen-bond donors (Lipinski definition) is 1. The maximum absolute atomic E-state index is 5.65. The summed E-state index contributed by atoms with van der Waals surface area (Å²) in [6, 6.07) is 0.429. The Labute approximate surface area is 129 Å². The van der Waals surface area contributed by atoms with Gasteiger partial charge in [0.1, 0.15) is 0 Å². The minimum atomic E-state index is 0.429. The highest BCUT2D eigenvalue weighted by Crippen LogP contribution is 2.25. The quantitative estimate of drug-likeness (QED) is 0.839. The van der Waals surface area contributed by atoms with Gasteiger partial charge in [-0.1, -0.05) is 27.7 Å². The van der Waals surface area contributed by atoms with Crippen molar-refractivity contribution in [3.05, 3.63) is 17.0 Å². The molecule has 1 aromatic rings. The van der Waals surface area contributed by atoms with Crippen LogP contribution in [0.1, 0.15) is 63.5 Å². The van der Waals surface area contributed by atoms with Crippen molar-refractivity contribution in [3.8, 4) is 0 Å². The lowest BCUT2D eigenvalue weighted by Gasteiger charge is -2.24. The number of nitrogens with one attached hydrogen (secondary N) is 1. The first-order valence-corrected chi connectivity index (χ1v) is 8.54. The SMILES string of the molecule is CCc1nn(C2CCCOC2)c(CC)c1CNCC(C)C. The summed E-state index contributed by atoms with van der Waals surface area (Å²) >= 11 is 0. The lowest BCUT2D eigenvalue weighted by atomic mass is 10.1. The molecule has 21 heavy (non-hydrogen) atoms.